The Morgan fingerprint density at radius 1 is 0.957 bits per heavy atom. The van der Waals surface area contributed by atoms with E-state index in [1.807, 2.05) is 0 Å². The van der Waals surface area contributed by atoms with Crippen LogP contribution >= 0.6 is 0 Å². The molecule has 0 spiro atoms. The Kier molecular flexibility index (Phi) is 5.30. The zero-order valence-electron chi connectivity index (χ0n) is 12.9. The van der Waals surface area contributed by atoms with Crippen molar-refractivity contribution in [2.45, 2.75) is 19.9 Å². The second kappa shape index (κ2) is 7.40. The van der Waals surface area contributed by atoms with Gasteiger partial charge in [-0.05, 0) is 49.4 Å². The van der Waals surface area contributed by atoms with E-state index in [1.54, 1.807) is 37.3 Å². The minimum Gasteiger partial charge on any atom is -0.374 e. The van der Waals surface area contributed by atoms with Crippen molar-refractivity contribution in [2.75, 3.05) is 16.0 Å². The van der Waals surface area contributed by atoms with Gasteiger partial charge in [-0.15, -0.1) is 0 Å². The van der Waals surface area contributed by atoms with Crippen LogP contribution in [-0.2, 0) is 9.59 Å². The molecular formula is C17H18FN3O2. The molecule has 2 aromatic carbocycles. The predicted octanol–water partition coefficient (Wildman–Crippen LogP) is 3.22. The third-order valence-corrected chi connectivity index (χ3v) is 3.07. The van der Waals surface area contributed by atoms with Gasteiger partial charge in [0, 0.05) is 24.0 Å². The summed E-state index contributed by atoms with van der Waals surface area (Å²) in [6.45, 7) is 3.14. The molecule has 2 rings (SSSR count). The van der Waals surface area contributed by atoms with Crippen molar-refractivity contribution in [1.29, 1.82) is 0 Å². The van der Waals surface area contributed by atoms with E-state index in [2.05, 4.69) is 16.0 Å². The maximum Gasteiger partial charge on any atom is 0.246 e. The predicted molar refractivity (Wildman–Crippen MR) is 88.9 cm³/mol. The van der Waals surface area contributed by atoms with E-state index in [9.17, 15) is 14.0 Å². The molecule has 0 aliphatic carbocycles. The lowest BCUT2D eigenvalue weighted by atomic mass is 10.2. The average Bonchev–Trinajstić information content (AvgIpc) is 2.48. The molecule has 1 atom stereocenters. The molecule has 0 radical (unpaired) electrons. The van der Waals surface area contributed by atoms with Gasteiger partial charge in [0.25, 0.3) is 0 Å². The molecule has 2 amide bonds. The fraction of sp³-hybridized carbons (Fsp3) is 0.176. The molecule has 0 aliphatic heterocycles. The van der Waals surface area contributed by atoms with Crippen LogP contribution in [0.25, 0.3) is 0 Å². The molecule has 0 bridgehead atoms. The van der Waals surface area contributed by atoms with Crippen molar-refractivity contribution in [3.05, 3.63) is 54.3 Å². The summed E-state index contributed by atoms with van der Waals surface area (Å²) < 4.78 is 13.1. The van der Waals surface area contributed by atoms with Crippen LogP contribution in [-0.4, -0.2) is 17.9 Å². The summed E-state index contributed by atoms with van der Waals surface area (Å²) >= 11 is 0. The van der Waals surface area contributed by atoms with Crippen molar-refractivity contribution in [3.8, 4) is 0 Å². The molecule has 23 heavy (non-hydrogen) atoms. The van der Waals surface area contributed by atoms with Crippen molar-refractivity contribution < 1.29 is 14.0 Å². The normalized spacial score (nSPS) is 11.4. The number of carbonyl (C=O) groups is 2. The molecule has 0 saturated carbocycles. The number of rotatable bonds is 5. The minimum atomic E-state index is -0.509. The van der Waals surface area contributed by atoms with Gasteiger partial charge in [0.15, 0.2) is 0 Å². The van der Waals surface area contributed by atoms with E-state index >= 15 is 0 Å². The van der Waals surface area contributed by atoms with E-state index in [4.69, 9.17) is 0 Å². The van der Waals surface area contributed by atoms with Crippen LogP contribution in [0.4, 0.5) is 21.5 Å². The van der Waals surface area contributed by atoms with Crippen LogP contribution in [0.15, 0.2) is 48.5 Å². The van der Waals surface area contributed by atoms with Gasteiger partial charge in [-0.1, -0.05) is 6.07 Å². The number of anilines is 3. The largest absolute Gasteiger partial charge is 0.374 e. The van der Waals surface area contributed by atoms with Gasteiger partial charge < -0.3 is 16.0 Å². The quantitative estimate of drug-likeness (QED) is 0.793. The Bertz CT molecular complexity index is 701. The lowest BCUT2D eigenvalue weighted by molar-refractivity contribution is -0.116. The van der Waals surface area contributed by atoms with E-state index in [0.29, 0.717) is 11.4 Å². The Hall–Kier alpha value is -2.89. The van der Waals surface area contributed by atoms with Crippen LogP contribution in [0.1, 0.15) is 13.8 Å². The van der Waals surface area contributed by atoms with E-state index in [0.717, 1.165) is 5.69 Å². The number of hydrogen-bond donors (Lipinski definition) is 3. The topological polar surface area (TPSA) is 70.2 Å². The third kappa shape index (κ3) is 5.10. The highest BCUT2D eigenvalue weighted by Crippen LogP contribution is 2.15. The highest BCUT2D eigenvalue weighted by atomic mass is 19.1. The van der Waals surface area contributed by atoms with Gasteiger partial charge in [-0.3, -0.25) is 9.59 Å². The van der Waals surface area contributed by atoms with Gasteiger partial charge in [-0.2, -0.15) is 0 Å². The van der Waals surface area contributed by atoms with E-state index in [1.165, 1.54) is 25.1 Å². The van der Waals surface area contributed by atoms with Crippen LogP contribution in [0.5, 0.6) is 0 Å². The summed E-state index contributed by atoms with van der Waals surface area (Å²) in [6.07, 6.45) is 0. The van der Waals surface area contributed by atoms with Crippen molar-refractivity contribution in [1.82, 2.24) is 0 Å². The number of amides is 2. The van der Waals surface area contributed by atoms with Gasteiger partial charge in [0.1, 0.15) is 11.9 Å². The summed E-state index contributed by atoms with van der Waals surface area (Å²) in [5, 5.41) is 8.34. The molecule has 3 N–H and O–H groups in total. The fourth-order valence-electron chi connectivity index (χ4n) is 1.99. The first kappa shape index (κ1) is 16.5. The van der Waals surface area contributed by atoms with Crippen LogP contribution in [0.2, 0.25) is 0 Å². The molecular weight excluding hydrogens is 297 g/mol. The van der Waals surface area contributed by atoms with Gasteiger partial charge in [0.05, 0.1) is 0 Å². The maximum atomic E-state index is 13.1. The highest BCUT2D eigenvalue weighted by Gasteiger charge is 2.13. The Labute approximate surface area is 133 Å². The third-order valence-electron chi connectivity index (χ3n) is 3.07. The summed E-state index contributed by atoms with van der Waals surface area (Å²) in [4.78, 5) is 23.0. The first-order chi connectivity index (χ1) is 10.9. The van der Waals surface area contributed by atoms with E-state index < -0.39 is 11.9 Å². The molecule has 6 heteroatoms. The SMILES string of the molecule is CC(=O)Nc1ccc(NC(C)C(=O)Nc2cccc(F)c2)cc1. The average molecular weight is 315 g/mol. The minimum absolute atomic E-state index is 0.145. The molecule has 0 fully saturated rings. The fourth-order valence-corrected chi connectivity index (χ4v) is 1.99. The van der Waals surface area contributed by atoms with Gasteiger partial charge in [0.2, 0.25) is 11.8 Å². The molecule has 1 unspecified atom stereocenters. The zero-order chi connectivity index (χ0) is 16.8. The second-order valence-electron chi connectivity index (χ2n) is 5.12. The highest BCUT2D eigenvalue weighted by molar-refractivity contribution is 5.96. The summed E-state index contributed by atoms with van der Waals surface area (Å²) in [5.74, 6) is -0.827. The molecule has 5 nitrogen and oxygen atoms in total. The van der Waals surface area contributed by atoms with Crippen molar-refractivity contribution in [3.63, 3.8) is 0 Å². The zero-order valence-corrected chi connectivity index (χ0v) is 12.9. The molecule has 2 aromatic rings. The molecule has 0 aliphatic rings. The first-order valence-corrected chi connectivity index (χ1v) is 7.14. The maximum absolute atomic E-state index is 13.1. The lowest BCUT2D eigenvalue weighted by Crippen LogP contribution is -2.31. The molecule has 0 heterocycles. The number of nitrogens with one attached hydrogen (secondary N) is 3. The lowest BCUT2D eigenvalue weighted by Gasteiger charge is -2.15. The van der Waals surface area contributed by atoms with E-state index in [-0.39, 0.29) is 11.8 Å². The number of hydrogen-bond acceptors (Lipinski definition) is 3. The Balaban J connectivity index is 1.94. The number of carbonyl (C=O) groups excluding carboxylic acids is 2. The van der Waals surface area contributed by atoms with Gasteiger partial charge in [-0.25, -0.2) is 4.39 Å². The van der Waals surface area contributed by atoms with Crippen LogP contribution in [0.3, 0.4) is 0 Å². The van der Waals surface area contributed by atoms with Crippen molar-refractivity contribution >= 4 is 28.9 Å². The van der Waals surface area contributed by atoms with Crippen LogP contribution in [0, 0.1) is 5.82 Å². The number of halogens is 1. The van der Waals surface area contributed by atoms with Crippen molar-refractivity contribution in [2.24, 2.45) is 0 Å². The standard InChI is InChI=1S/C17H18FN3O2/c1-11(17(23)21-16-5-3-4-13(18)10-16)19-14-6-8-15(9-7-14)20-12(2)22/h3-11,19H,1-2H3,(H,20,22)(H,21,23). The summed E-state index contributed by atoms with van der Waals surface area (Å²) in [5.41, 5.74) is 1.82. The summed E-state index contributed by atoms with van der Waals surface area (Å²) in [6, 6.07) is 12.2. The smallest absolute Gasteiger partial charge is 0.246 e. The van der Waals surface area contributed by atoms with Crippen LogP contribution < -0.4 is 16.0 Å². The monoisotopic (exact) mass is 315 g/mol. The molecule has 0 aromatic heterocycles. The number of benzene rings is 2. The summed E-state index contributed by atoms with van der Waals surface area (Å²) in [7, 11) is 0. The Morgan fingerprint density at radius 3 is 2.22 bits per heavy atom. The van der Waals surface area contributed by atoms with Gasteiger partial charge >= 0.3 is 0 Å². The molecule has 0 saturated heterocycles. The Morgan fingerprint density at radius 2 is 1.61 bits per heavy atom. The molecule has 120 valence electrons. The first-order valence-electron chi connectivity index (χ1n) is 7.14. The second-order valence-corrected chi connectivity index (χ2v) is 5.12.